The minimum atomic E-state index is -0.529. The van der Waals surface area contributed by atoms with Crippen LogP contribution in [-0.2, 0) is 6.61 Å². The summed E-state index contributed by atoms with van der Waals surface area (Å²) < 4.78 is 18.8. The Morgan fingerprint density at radius 3 is 2.57 bits per heavy atom. The number of ether oxygens (including phenoxy) is 1. The molecule has 3 nitrogen and oxygen atoms in total. The normalized spacial score (nSPS) is 11.7. The van der Waals surface area contributed by atoms with Gasteiger partial charge in [-0.2, -0.15) is 5.26 Å². The smallest absolute Gasteiger partial charge is 0.140 e. The van der Waals surface area contributed by atoms with E-state index in [9.17, 15) is 9.50 Å². The number of aliphatic hydroxyl groups is 1. The standard InChI is InChI=1S/C17H16FNO2/c1-2-17(20)13-4-6-15(7-5-13)21-11-12-3-8-16(18)14(9-12)10-19/h3-9,17,20H,2,11H2,1H3/t17-/m0/s1. The van der Waals surface area contributed by atoms with Gasteiger partial charge in [0.1, 0.15) is 24.2 Å². The second-order valence-corrected chi connectivity index (χ2v) is 4.71. The van der Waals surface area contributed by atoms with E-state index < -0.39 is 11.9 Å². The maximum Gasteiger partial charge on any atom is 0.140 e. The van der Waals surface area contributed by atoms with E-state index in [-0.39, 0.29) is 12.2 Å². The van der Waals surface area contributed by atoms with Gasteiger partial charge < -0.3 is 9.84 Å². The topological polar surface area (TPSA) is 53.2 Å². The zero-order chi connectivity index (χ0) is 15.2. The Bertz CT molecular complexity index is 647. The van der Waals surface area contributed by atoms with Crippen molar-refractivity contribution in [2.24, 2.45) is 0 Å². The van der Waals surface area contributed by atoms with E-state index in [0.29, 0.717) is 12.2 Å². The molecule has 0 radical (unpaired) electrons. The van der Waals surface area contributed by atoms with Crippen molar-refractivity contribution in [1.29, 1.82) is 5.26 Å². The molecule has 0 bridgehead atoms. The third-order valence-electron chi connectivity index (χ3n) is 3.21. The number of hydrogen-bond acceptors (Lipinski definition) is 3. The Morgan fingerprint density at radius 1 is 1.24 bits per heavy atom. The predicted octanol–water partition coefficient (Wildman–Crippen LogP) is 3.72. The van der Waals surface area contributed by atoms with Crippen LogP contribution in [-0.4, -0.2) is 5.11 Å². The van der Waals surface area contributed by atoms with E-state index in [1.54, 1.807) is 24.3 Å². The molecule has 0 heterocycles. The van der Waals surface area contributed by atoms with Gasteiger partial charge in [0.2, 0.25) is 0 Å². The lowest BCUT2D eigenvalue weighted by molar-refractivity contribution is 0.173. The Labute approximate surface area is 123 Å². The highest BCUT2D eigenvalue weighted by atomic mass is 19.1. The average molecular weight is 285 g/mol. The first-order chi connectivity index (χ1) is 10.1. The second kappa shape index (κ2) is 6.87. The van der Waals surface area contributed by atoms with Crippen molar-refractivity contribution in [1.82, 2.24) is 0 Å². The SMILES string of the molecule is CC[C@H](O)c1ccc(OCc2ccc(F)c(C#N)c2)cc1. The van der Waals surface area contributed by atoms with Crippen molar-refractivity contribution in [3.63, 3.8) is 0 Å². The molecule has 0 amide bonds. The molecule has 0 unspecified atom stereocenters. The summed E-state index contributed by atoms with van der Waals surface area (Å²) in [5, 5.41) is 18.5. The van der Waals surface area contributed by atoms with Crippen LogP contribution in [0.25, 0.3) is 0 Å². The van der Waals surface area contributed by atoms with Crippen LogP contribution in [0.1, 0.15) is 36.1 Å². The van der Waals surface area contributed by atoms with Crippen LogP contribution in [0.5, 0.6) is 5.75 Å². The van der Waals surface area contributed by atoms with Crippen molar-refractivity contribution >= 4 is 0 Å². The highest BCUT2D eigenvalue weighted by molar-refractivity contribution is 5.34. The quantitative estimate of drug-likeness (QED) is 0.911. The van der Waals surface area contributed by atoms with E-state index in [1.165, 1.54) is 12.1 Å². The Balaban J connectivity index is 2.02. The fraction of sp³-hybridized carbons (Fsp3) is 0.235. The van der Waals surface area contributed by atoms with Crippen molar-refractivity contribution in [3.05, 3.63) is 65.0 Å². The fourth-order valence-electron chi connectivity index (χ4n) is 1.94. The van der Waals surface area contributed by atoms with Gasteiger partial charge in [0.05, 0.1) is 11.7 Å². The predicted molar refractivity (Wildman–Crippen MR) is 77.1 cm³/mol. The molecule has 0 aliphatic heterocycles. The summed E-state index contributed by atoms with van der Waals surface area (Å²) in [6, 6.07) is 13.3. The molecular weight excluding hydrogens is 269 g/mol. The second-order valence-electron chi connectivity index (χ2n) is 4.71. The molecule has 2 aromatic carbocycles. The summed E-state index contributed by atoms with van der Waals surface area (Å²) in [5.41, 5.74) is 1.58. The fourth-order valence-corrected chi connectivity index (χ4v) is 1.94. The van der Waals surface area contributed by atoms with Gasteiger partial charge in [-0.3, -0.25) is 0 Å². The zero-order valence-electron chi connectivity index (χ0n) is 11.7. The van der Waals surface area contributed by atoms with Gasteiger partial charge in [0.25, 0.3) is 0 Å². The molecule has 0 saturated carbocycles. The van der Waals surface area contributed by atoms with Gasteiger partial charge in [-0.25, -0.2) is 4.39 Å². The van der Waals surface area contributed by atoms with Gasteiger partial charge >= 0.3 is 0 Å². The van der Waals surface area contributed by atoms with Crippen LogP contribution in [0.3, 0.4) is 0 Å². The highest BCUT2D eigenvalue weighted by Crippen LogP contribution is 2.20. The number of hydrogen-bond donors (Lipinski definition) is 1. The molecule has 1 atom stereocenters. The molecule has 0 aromatic heterocycles. The monoisotopic (exact) mass is 285 g/mol. The molecule has 2 rings (SSSR count). The Morgan fingerprint density at radius 2 is 1.95 bits per heavy atom. The van der Waals surface area contributed by atoms with E-state index in [0.717, 1.165) is 11.1 Å². The van der Waals surface area contributed by atoms with Crippen LogP contribution in [0, 0.1) is 17.1 Å². The zero-order valence-corrected chi connectivity index (χ0v) is 11.7. The van der Waals surface area contributed by atoms with Gasteiger partial charge in [0.15, 0.2) is 0 Å². The third-order valence-corrected chi connectivity index (χ3v) is 3.21. The first-order valence-corrected chi connectivity index (χ1v) is 6.73. The summed E-state index contributed by atoms with van der Waals surface area (Å²) in [4.78, 5) is 0. The molecule has 4 heteroatoms. The molecule has 0 fully saturated rings. The van der Waals surface area contributed by atoms with Crippen molar-refractivity contribution in [3.8, 4) is 11.8 Å². The molecule has 108 valence electrons. The summed E-state index contributed by atoms with van der Waals surface area (Å²) >= 11 is 0. The Kier molecular flexibility index (Phi) is 4.91. The highest BCUT2D eigenvalue weighted by Gasteiger charge is 2.06. The van der Waals surface area contributed by atoms with E-state index in [4.69, 9.17) is 10.00 Å². The summed E-state index contributed by atoms with van der Waals surface area (Å²) in [6.07, 6.45) is 0.196. The van der Waals surface area contributed by atoms with Crippen LogP contribution >= 0.6 is 0 Å². The lowest BCUT2D eigenvalue weighted by Gasteiger charge is -2.10. The molecule has 0 saturated heterocycles. The molecule has 0 aliphatic carbocycles. The molecular formula is C17H16FNO2. The van der Waals surface area contributed by atoms with E-state index in [2.05, 4.69) is 0 Å². The van der Waals surface area contributed by atoms with Crippen LogP contribution in [0.2, 0.25) is 0 Å². The van der Waals surface area contributed by atoms with Crippen LogP contribution in [0.4, 0.5) is 4.39 Å². The largest absolute Gasteiger partial charge is 0.489 e. The number of nitrogens with zero attached hydrogens (tertiary/aromatic N) is 1. The maximum atomic E-state index is 13.2. The number of halogens is 1. The average Bonchev–Trinajstić information content (AvgIpc) is 2.53. The number of rotatable bonds is 5. The maximum absolute atomic E-state index is 13.2. The van der Waals surface area contributed by atoms with Gasteiger partial charge in [-0.1, -0.05) is 25.1 Å². The van der Waals surface area contributed by atoms with Crippen molar-refractivity contribution in [2.75, 3.05) is 0 Å². The number of aliphatic hydroxyl groups excluding tert-OH is 1. The van der Waals surface area contributed by atoms with E-state index >= 15 is 0 Å². The lowest BCUT2D eigenvalue weighted by Crippen LogP contribution is -1.98. The van der Waals surface area contributed by atoms with Crippen molar-refractivity contribution in [2.45, 2.75) is 26.1 Å². The molecule has 0 aliphatic rings. The van der Waals surface area contributed by atoms with Crippen LogP contribution < -0.4 is 4.74 Å². The first kappa shape index (κ1) is 15.0. The lowest BCUT2D eigenvalue weighted by atomic mass is 10.1. The third kappa shape index (κ3) is 3.80. The molecule has 2 aromatic rings. The Hall–Kier alpha value is -2.38. The summed E-state index contributed by atoms with van der Waals surface area (Å²) in [5.74, 6) is 0.129. The number of nitriles is 1. The molecule has 21 heavy (non-hydrogen) atoms. The minimum Gasteiger partial charge on any atom is -0.489 e. The van der Waals surface area contributed by atoms with Gasteiger partial charge in [0, 0.05) is 0 Å². The minimum absolute atomic E-state index is 0.0116. The van der Waals surface area contributed by atoms with Gasteiger partial charge in [-0.15, -0.1) is 0 Å². The summed E-state index contributed by atoms with van der Waals surface area (Å²) in [6.45, 7) is 2.17. The molecule has 0 spiro atoms. The summed E-state index contributed by atoms with van der Waals surface area (Å²) in [7, 11) is 0. The number of benzene rings is 2. The van der Waals surface area contributed by atoms with Gasteiger partial charge in [-0.05, 0) is 41.8 Å². The van der Waals surface area contributed by atoms with Crippen molar-refractivity contribution < 1.29 is 14.2 Å². The first-order valence-electron chi connectivity index (χ1n) is 6.73. The van der Waals surface area contributed by atoms with Crippen LogP contribution in [0.15, 0.2) is 42.5 Å². The van der Waals surface area contributed by atoms with E-state index in [1.807, 2.05) is 19.1 Å². The molecule has 1 N–H and O–H groups in total.